The van der Waals surface area contributed by atoms with Crippen LogP contribution >= 0.6 is 23.1 Å². The van der Waals surface area contributed by atoms with E-state index in [2.05, 4.69) is 15.4 Å². The Bertz CT molecular complexity index is 1010. The summed E-state index contributed by atoms with van der Waals surface area (Å²) in [6.45, 7) is 0.825. The Kier molecular flexibility index (Phi) is 4.60. The van der Waals surface area contributed by atoms with Crippen LogP contribution in [0, 0.1) is 5.82 Å². The normalized spacial score (nSPS) is 13.7. The molecule has 0 saturated carbocycles. The van der Waals surface area contributed by atoms with Crippen molar-refractivity contribution in [2.24, 2.45) is 12.0 Å². The molecule has 0 spiro atoms. The summed E-state index contributed by atoms with van der Waals surface area (Å²) in [5, 5.41) is 8.09. The molecule has 3 aromatic rings. The van der Waals surface area contributed by atoms with Gasteiger partial charge in [0, 0.05) is 19.3 Å². The first-order chi connectivity index (χ1) is 12.6. The van der Waals surface area contributed by atoms with E-state index in [4.69, 9.17) is 0 Å². The van der Waals surface area contributed by atoms with E-state index < -0.39 is 5.82 Å². The van der Waals surface area contributed by atoms with Gasteiger partial charge < -0.3 is 5.32 Å². The van der Waals surface area contributed by atoms with Crippen LogP contribution in [0.3, 0.4) is 0 Å². The van der Waals surface area contributed by atoms with E-state index in [-0.39, 0.29) is 11.6 Å². The third kappa shape index (κ3) is 3.30. The fourth-order valence-corrected chi connectivity index (χ4v) is 4.39. The van der Waals surface area contributed by atoms with E-state index in [1.807, 2.05) is 19.2 Å². The smallest absolute Gasteiger partial charge is 0.265 e. The first-order valence-electron chi connectivity index (χ1n) is 7.99. The maximum atomic E-state index is 13.7. The van der Waals surface area contributed by atoms with Gasteiger partial charge >= 0.3 is 0 Å². The van der Waals surface area contributed by atoms with Crippen molar-refractivity contribution < 1.29 is 9.18 Å². The van der Waals surface area contributed by atoms with Crippen LogP contribution in [0.15, 0.2) is 47.5 Å². The summed E-state index contributed by atoms with van der Waals surface area (Å²) in [5.41, 5.74) is 1.95. The Labute approximate surface area is 158 Å². The highest BCUT2D eigenvalue weighted by molar-refractivity contribution is 8.14. The zero-order valence-corrected chi connectivity index (χ0v) is 15.5. The quantitative estimate of drug-likeness (QED) is 0.736. The number of thioether (sulfide) groups is 1. The summed E-state index contributed by atoms with van der Waals surface area (Å²) in [6, 6.07) is 11.7. The molecule has 1 aliphatic heterocycles. The molecule has 26 heavy (non-hydrogen) atoms. The van der Waals surface area contributed by atoms with Crippen LogP contribution in [-0.4, -0.2) is 33.0 Å². The van der Waals surface area contributed by atoms with Gasteiger partial charge in [-0.25, -0.2) is 4.39 Å². The molecule has 4 rings (SSSR count). The number of para-hydroxylation sites is 1. The zero-order chi connectivity index (χ0) is 18.1. The summed E-state index contributed by atoms with van der Waals surface area (Å²) >= 11 is 3.05. The molecule has 1 aromatic carbocycles. The molecule has 0 unspecified atom stereocenters. The maximum absolute atomic E-state index is 13.7. The molecule has 1 amide bonds. The van der Waals surface area contributed by atoms with E-state index >= 15 is 0 Å². The van der Waals surface area contributed by atoms with E-state index in [0.29, 0.717) is 4.88 Å². The lowest BCUT2D eigenvalue weighted by Crippen LogP contribution is -2.11. The SMILES string of the molecule is Cn1nc(C2=NCCS2)cc1-c1ccc(C(=O)Nc2ccccc2F)s1. The Morgan fingerprint density at radius 3 is 2.88 bits per heavy atom. The number of aromatic nitrogens is 2. The average Bonchev–Trinajstić information content (AvgIpc) is 3.36. The number of aryl methyl sites for hydroxylation is 1. The van der Waals surface area contributed by atoms with Gasteiger partial charge in [0.2, 0.25) is 0 Å². The van der Waals surface area contributed by atoms with Gasteiger partial charge in [-0.1, -0.05) is 12.1 Å². The predicted molar refractivity (Wildman–Crippen MR) is 105 cm³/mol. The lowest BCUT2D eigenvalue weighted by Gasteiger charge is -2.04. The number of benzene rings is 1. The Morgan fingerprint density at radius 1 is 1.27 bits per heavy atom. The molecule has 0 aliphatic carbocycles. The first-order valence-corrected chi connectivity index (χ1v) is 9.80. The van der Waals surface area contributed by atoms with Crippen molar-refractivity contribution in [3.63, 3.8) is 0 Å². The zero-order valence-electron chi connectivity index (χ0n) is 13.9. The number of hydrogen-bond acceptors (Lipinski definition) is 5. The summed E-state index contributed by atoms with van der Waals surface area (Å²) in [7, 11) is 1.87. The molecule has 1 N–H and O–H groups in total. The number of thiophene rings is 1. The molecule has 5 nitrogen and oxygen atoms in total. The monoisotopic (exact) mass is 386 g/mol. The van der Waals surface area contributed by atoms with Crippen molar-refractivity contribution in [2.75, 3.05) is 17.6 Å². The van der Waals surface area contributed by atoms with Crippen molar-refractivity contribution >= 4 is 39.7 Å². The van der Waals surface area contributed by atoms with E-state index in [9.17, 15) is 9.18 Å². The third-order valence-electron chi connectivity index (χ3n) is 3.89. The highest BCUT2D eigenvalue weighted by atomic mass is 32.2. The Hall–Kier alpha value is -2.45. The van der Waals surface area contributed by atoms with E-state index in [1.54, 1.807) is 34.6 Å². The fraction of sp³-hybridized carbons (Fsp3) is 0.167. The lowest BCUT2D eigenvalue weighted by molar-refractivity contribution is 0.103. The van der Waals surface area contributed by atoms with Crippen molar-refractivity contribution in [1.82, 2.24) is 9.78 Å². The molecule has 3 heterocycles. The minimum absolute atomic E-state index is 0.173. The van der Waals surface area contributed by atoms with Crippen LogP contribution in [0.4, 0.5) is 10.1 Å². The van der Waals surface area contributed by atoms with Crippen LogP contribution in [0.1, 0.15) is 15.4 Å². The molecule has 132 valence electrons. The van der Waals surface area contributed by atoms with Crippen molar-refractivity contribution in [2.45, 2.75) is 0 Å². The number of rotatable bonds is 4. The van der Waals surface area contributed by atoms with Crippen LogP contribution < -0.4 is 5.32 Å². The number of amides is 1. The second kappa shape index (κ2) is 7.05. The molecule has 8 heteroatoms. The minimum Gasteiger partial charge on any atom is -0.319 e. The van der Waals surface area contributed by atoms with Gasteiger partial charge in [-0.2, -0.15) is 5.10 Å². The van der Waals surface area contributed by atoms with Gasteiger partial charge in [0.25, 0.3) is 5.91 Å². The van der Waals surface area contributed by atoms with Gasteiger partial charge in [0.15, 0.2) is 0 Å². The second-order valence-corrected chi connectivity index (χ2v) is 7.84. The molecule has 0 atom stereocenters. The number of halogens is 1. The van der Waals surface area contributed by atoms with Gasteiger partial charge in [0.1, 0.15) is 16.6 Å². The van der Waals surface area contributed by atoms with Crippen molar-refractivity contribution in [1.29, 1.82) is 0 Å². The average molecular weight is 386 g/mol. The summed E-state index contributed by atoms with van der Waals surface area (Å²) < 4.78 is 15.5. The number of nitrogens with one attached hydrogen (secondary N) is 1. The van der Waals surface area contributed by atoms with Gasteiger partial charge in [-0.05, 0) is 30.3 Å². The van der Waals surface area contributed by atoms with Crippen molar-refractivity contribution in [3.05, 3.63) is 58.9 Å². The minimum atomic E-state index is -0.455. The number of carbonyl (C=O) groups is 1. The largest absolute Gasteiger partial charge is 0.319 e. The van der Waals surface area contributed by atoms with Crippen LogP contribution in [0.5, 0.6) is 0 Å². The van der Waals surface area contributed by atoms with Crippen LogP contribution in [-0.2, 0) is 7.05 Å². The van der Waals surface area contributed by atoms with E-state index in [0.717, 1.165) is 33.6 Å². The number of aliphatic imine (C=N–C) groups is 1. The number of carbonyl (C=O) groups excluding carboxylic acids is 1. The van der Waals surface area contributed by atoms with E-state index in [1.165, 1.54) is 23.5 Å². The molecule has 0 fully saturated rings. The van der Waals surface area contributed by atoms with Gasteiger partial charge in [-0.3, -0.25) is 14.5 Å². The molecule has 0 saturated heterocycles. The second-order valence-electron chi connectivity index (χ2n) is 5.67. The lowest BCUT2D eigenvalue weighted by atomic mass is 10.3. The summed E-state index contributed by atoms with van der Waals surface area (Å²) in [6.07, 6.45) is 0. The Balaban J connectivity index is 1.56. The predicted octanol–water partition coefficient (Wildman–Crippen LogP) is 4.03. The topological polar surface area (TPSA) is 59.3 Å². The van der Waals surface area contributed by atoms with Crippen molar-refractivity contribution in [3.8, 4) is 10.6 Å². The Morgan fingerprint density at radius 2 is 2.12 bits per heavy atom. The maximum Gasteiger partial charge on any atom is 0.265 e. The molecule has 1 aliphatic rings. The fourth-order valence-electron chi connectivity index (χ4n) is 2.64. The molecular formula is C18H15FN4OS2. The van der Waals surface area contributed by atoms with Crippen LogP contribution in [0.25, 0.3) is 10.6 Å². The van der Waals surface area contributed by atoms with Gasteiger partial charge in [-0.15, -0.1) is 23.1 Å². The number of anilines is 1. The molecule has 0 radical (unpaired) electrons. The number of hydrogen-bond donors (Lipinski definition) is 1. The van der Waals surface area contributed by atoms with Crippen LogP contribution in [0.2, 0.25) is 0 Å². The molecule has 2 aromatic heterocycles. The summed E-state index contributed by atoms with van der Waals surface area (Å²) in [5.74, 6) is 0.203. The van der Waals surface area contributed by atoms with Gasteiger partial charge in [0.05, 0.1) is 21.1 Å². The molecular weight excluding hydrogens is 371 g/mol. The summed E-state index contributed by atoms with van der Waals surface area (Å²) in [4.78, 5) is 18.3. The standard InChI is InChI=1S/C18H15FN4OS2/c1-23-14(10-13(22-23)18-20-8-9-25-18)15-6-7-16(26-15)17(24)21-12-5-3-2-4-11(12)19/h2-7,10H,8-9H2,1H3,(H,21,24). The molecule has 0 bridgehead atoms. The highest BCUT2D eigenvalue weighted by Gasteiger charge is 2.18. The highest BCUT2D eigenvalue weighted by Crippen LogP contribution is 2.30. The number of nitrogens with zero attached hydrogens (tertiary/aromatic N) is 3. The third-order valence-corrected chi connectivity index (χ3v) is 5.99. The first kappa shape index (κ1) is 17.0.